The highest BCUT2D eigenvalue weighted by atomic mass is 32.2. The lowest BCUT2D eigenvalue weighted by atomic mass is 9.92. The third-order valence-corrected chi connectivity index (χ3v) is 9.23. The Kier molecular flexibility index (Phi) is 7.56. The fraction of sp³-hybridized carbons (Fsp3) is 0.393. The van der Waals surface area contributed by atoms with Crippen LogP contribution < -0.4 is 4.74 Å². The molecule has 0 unspecified atom stereocenters. The van der Waals surface area contributed by atoms with Gasteiger partial charge in [0, 0.05) is 49.0 Å². The number of aromatic carboxylic acids is 1. The topological polar surface area (TPSA) is 120 Å². The number of fused-ring (bicyclic) bond motifs is 1. The Morgan fingerprint density at radius 1 is 1.10 bits per heavy atom. The molecule has 1 N–H and O–H groups in total. The number of alkyl halides is 3. The molecular formula is C28H30F3N5O5S. The molecule has 0 aliphatic carbocycles. The predicted octanol–water partition coefficient (Wildman–Crippen LogP) is 4.46. The Labute approximate surface area is 240 Å². The average molecular weight is 606 g/mol. The number of aromatic nitrogens is 4. The summed E-state index contributed by atoms with van der Waals surface area (Å²) in [6.45, 7) is 4.97. The largest absolute Gasteiger partial charge is 0.573 e. The van der Waals surface area contributed by atoms with E-state index in [1.165, 1.54) is 18.2 Å². The van der Waals surface area contributed by atoms with Gasteiger partial charge in [-0.1, -0.05) is 0 Å². The van der Waals surface area contributed by atoms with E-state index in [1.54, 1.807) is 28.7 Å². The number of carboxylic acid groups (broad SMARTS) is 1. The van der Waals surface area contributed by atoms with Gasteiger partial charge in [-0.05, 0) is 62.6 Å². The third-order valence-electron chi connectivity index (χ3n) is 7.62. The Balaban J connectivity index is 1.56. The smallest absolute Gasteiger partial charge is 0.478 e. The number of nitrogens with zero attached hydrogens (tertiary/aromatic N) is 5. The molecule has 14 heteroatoms. The van der Waals surface area contributed by atoms with Crippen molar-refractivity contribution in [2.45, 2.75) is 38.6 Å². The number of carboxylic acids is 1. The van der Waals surface area contributed by atoms with Crippen molar-refractivity contribution >= 4 is 26.8 Å². The first-order valence-electron chi connectivity index (χ1n) is 13.2. The van der Waals surface area contributed by atoms with Gasteiger partial charge in [0.2, 0.25) is 0 Å². The Morgan fingerprint density at radius 2 is 1.76 bits per heavy atom. The molecule has 1 saturated heterocycles. The van der Waals surface area contributed by atoms with E-state index in [0.29, 0.717) is 48.2 Å². The maximum Gasteiger partial charge on any atom is 0.573 e. The second-order valence-electron chi connectivity index (χ2n) is 11.0. The lowest BCUT2D eigenvalue weighted by Crippen LogP contribution is -2.51. The number of aryl methyl sites for hydroxylation is 2. The van der Waals surface area contributed by atoms with Gasteiger partial charge in [0.15, 0.2) is 9.84 Å². The van der Waals surface area contributed by atoms with E-state index in [2.05, 4.69) is 14.7 Å². The second-order valence-corrected chi connectivity index (χ2v) is 13.3. The summed E-state index contributed by atoms with van der Waals surface area (Å²) < 4.78 is 69.1. The number of sulfone groups is 1. The van der Waals surface area contributed by atoms with Crippen LogP contribution >= 0.6 is 0 Å². The summed E-state index contributed by atoms with van der Waals surface area (Å²) in [5.74, 6) is -1.36. The van der Waals surface area contributed by atoms with E-state index in [4.69, 9.17) is 4.98 Å². The van der Waals surface area contributed by atoms with Crippen molar-refractivity contribution < 1.29 is 36.2 Å². The lowest BCUT2D eigenvalue weighted by molar-refractivity contribution is -0.274. The summed E-state index contributed by atoms with van der Waals surface area (Å²) in [4.78, 5) is 19.5. The lowest BCUT2D eigenvalue weighted by Gasteiger charge is -2.41. The molecule has 0 saturated carbocycles. The number of halogens is 3. The monoisotopic (exact) mass is 605 g/mol. The van der Waals surface area contributed by atoms with E-state index in [9.17, 15) is 31.5 Å². The first kappa shape index (κ1) is 29.6. The summed E-state index contributed by atoms with van der Waals surface area (Å²) >= 11 is 0. The summed E-state index contributed by atoms with van der Waals surface area (Å²) in [7, 11) is -1.28. The molecule has 0 amide bonds. The maximum absolute atomic E-state index is 12.6. The molecule has 1 aliphatic heterocycles. The number of pyridine rings is 1. The van der Waals surface area contributed by atoms with Gasteiger partial charge < -0.3 is 9.84 Å². The fourth-order valence-electron chi connectivity index (χ4n) is 5.28. The highest BCUT2D eigenvalue weighted by Crippen LogP contribution is 2.34. The molecule has 0 spiro atoms. The Hall–Kier alpha value is -3.91. The van der Waals surface area contributed by atoms with E-state index in [0.717, 1.165) is 17.7 Å². The Morgan fingerprint density at radius 3 is 2.33 bits per heavy atom. The Bertz CT molecular complexity index is 1730. The van der Waals surface area contributed by atoms with E-state index >= 15 is 0 Å². The van der Waals surface area contributed by atoms with E-state index in [1.807, 2.05) is 20.0 Å². The van der Waals surface area contributed by atoms with Gasteiger partial charge in [-0.2, -0.15) is 5.10 Å². The molecule has 0 radical (unpaired) electrons. The van der Waals surface area contributed by atoms with Crippen molar-refractivity contribution in [1.82, 2.24) is 24.2 Å². The molecule has 3 aromatic heterocycles. The first-order valence-corrected chi connectivity index (χ1v) is 15.0. The van der Waals surface area contributed by atoms with Crippen LogP contribution in [-0.2, 0) is 23.3 Å². The molecule has 0 atom stereocenters. The van der Waals surface area contributed by atoms with Crippen molar-refractivity contribution in [3.8, 4) is 22.7 Å². The highest BCUT2D eigenvalue weighted by molar-refractivity contribution is 7.91. The maximum atomic E-state index is 12.6. The van der Waals surface area contributed by atoms with Crippen molar-refractivity contribution in [2.24, 2.45) is 7.05 Å². The van der Waals surface area contributed by atoms with Crippen LogP contribution in [0.15, 0.2) is 48.9 Å². The SMILES string of the molecule is Cn1cc(-n2cc(CCC(C)(C)N3CCS(=O)(=O)CC3)c3c(C(=O)O)cc(-c4ccc(OC(F)(F)F)cc4)nc32)cn1. The minimum atomic E-state index is -4.84. The predicted molar refractivity (Wildman–Crippen MR) is 150 cm³/mol. The van der Waals surface area contributed by atoms with Crippen molar-refractivity contribution in [2.75, 3.05) is 24.6 Å². The number of ether oxygens (including phenoxy) is 1. The molecule has 224 valence electrons. The molecule has 1 aliphatic rings. The fourth-order valence-corrected chi connectivity index (χ4v) is 6.48. The highest BCUT2D eigenvalue weighted by Gasteiger charge is 2.33. The molecule has 42 heavy (non-hydrogen) atoms. The van der Waals surface area contributed by atoms with Crippen LogP contribution in [0.25, 0.3) is 28.0 Å². The zero-order valence-corrected chi connectivity index (χ0v) is 24.0. The number of benzene rings is 1. The van der Waals surface area contributed by atoms with Crippen LogP contribution in [0.3, 0.4) is 0 Å². The van der Waals surface area contributed by atoms with Gasteiger partial charge in [-0.25, -0.2) is 18.2 Å². The molecule has 4 aromatic rings. The summed E-state index contributed by atoms with van der Waals surface area (Å²) in [5.41, 5.74) is 2.10. The standard InChI is InChI=1S/C28H30F3N5O5S/c1-27(2,35-10-12-42(39,40)13-11-35)9-8-19-16-36(20-15-32-34(3)17-20)25-24(19)22(26(37)38)14-23(33-25)18-4-6-21(7-5-18)41-28(29,30)31/h4-7,14-17H,8-13H2,1-3H3,(H,37,38). The van der Waals surface area contributed by atoms with Crippen LogP contribution in [0.2, 0.25) is 0 Å². The van der Waals surface area contributed by atoms with E-state index < -0.39 is 27.9 Å². The number of hydrogen-bond donors (Lipinski definition) is 1. The summed E-state index contributed by atoms with van der Waals surface area (Å²) in [6, 6.07) is 6.49. The number of rotatable bonds is 8. The third kappa shape index (κ3) is 6.28. The van der Waals surface area contributed by atoms with E-state index in [-0.39, 0.29) is 28.3 Å². The number of hydrogen-bond acceptors (Lipinski definition) is 7. The van der Waals surface area contributed by atoms with Crippen LogP contribution in [0, 0.1) is 0 Å². The van der Waals surface area contributed by atoms with Gasteiger partial charge in [0.25, 0.3) is 0 Å². The van der Waals surface area contributed by atoms with Gasteiger partial charge >= 0.3 is 12.3 Å². The normalized spacial score (nSPS) is 16.1. The van der Waals surface area contributed by atoms with Crippen LogP contribution in [0.5, 0.6) is 5.75 Å². The molecule has 5 rings (SSSR count). The van der Waals surface area contributed by atoms with Gasteiger partial charge in [0.1, 0.15) is 11.4 Å². The molecule has 10 nitrogen and oxygen atoms in total. The molecular weight excluding hydrogens is 575 g/mol. The van der Waals surface area contributed by atoms with Gasteiger partial charge in [0.05, 0.1) is 34.6 Å². The minimum Gasteiger partial charge on any atom is -0.478 e. The summed E-state index contributed by atoms with van der Waals surface area (Å²) in [6.07, 6.45) is 1.50. The quantitative estimate of drug-likeness (QED) is 0.313. The zero-order valence-electron chi connectivity index (χ0n) is 23.2. The average Bonchev–Trinajstić information content (AvgIpc) is 3.49. The number of carbonyl (C=O) groups is 1. The van der Waals surface area contributed by atoms with Gasteiger partial charge in [-0.15, -0.1) is 13.2 Å². The van der Waals surface area contributed by atoms with Crippen LogP contribution in [0.1, 0.15) is 36.2 Å². The van der Waals surface area contributed by atoms with Crippen LogP contribution in [-0.4, -0.2) is 80.2 Å². The van der Waals surface area contributed by atoms with Crippen molar-refractivity contribution in [3.05, 3.63) is 60.0 Å². The summed E-state index contributed by atoms with van der Waals surface area (Å²) in [5, 5.41) is 14.9. The van der Waals surface area contributed by atoms with Crippen molar-refractivity contribution in [3.63, 3.8) is 0 Å². The molecule has 4 heterocycles. The first-order chi connectivity index (χ1) is 19.6. The molecule has 1 aromatic carbocycles. The molecule has 0 bridgehead atoms. The minimum absolute atomic E-state index is 0.00475. The second kappa shape index (κ2) is 10.7. The zero-order chi connectivity index (χ0) is 30.4. The molecule has 1 fully saturated rings. The van der Waals surface area contributed by atoms with Gasteiger partial charge in [-0.3, -0.25) is 14.1 Å². The van der Waals surface area contributed by atoms with Crippen molar-refractivity contribution in [1.29, 1.82) is 0 Å². The van der Waals surface area contributed by atoms with Crippen LogP contribution in [0.4, 0.5) is 13.2 Å².